The Balaban J connectivity index is 1.18. The van der Waals surface area contributed by atoms with Crippen LogP contribution < -0.4 is 0 Å². The topological polar surface area (TPSA) is 53.0 Å². The lowest BCUT2D eigenvalue weighted by molar-refractivity contribution is 0.0299. The molecule has 1 fully saturated rings. The average Bonchev–Trinajstić information content (AvgIpc) is 3.18. The van der Waals surface area contributed by atoms with Gasteiger partial charge in [0.15, 0.2) is 0 Å². The van der Waals surface area contributed by atoms with Crippen LogP contribution in [-0.4, -0.2) is 59.8 Å². The van der Waals surface area contributed by atoms with Crippen LogP contribution in [0.5, 0.6) is 0 Å². The maximum absolute atomic E-state index is 12.9. The summed E-state index contributed by atoms with van der Waals surface area (Å²) in [7, 11) is 0. The maximum atomic E-state index is 12.9. The summed E-state index contributed by atoms with van der Waals surface area (Å²) in [6.07, 6.45) is -0.790. The molecule has 0 aromatic heterocycles. The highest BCUT2D eigenvalue weighted by atomic mass is 16.6. The SMILES string of the molecule is CC1CN(C(=O)OCC2c3ccccc3-c3ccccc32)CCN1CC(O)c1ccccc1. The van der Waals surface area contributed by atoms with Crippen molar-refractivity contribution in [1.82, 2.24) is 9.80 Å². The molecule has 0 bridgehead atoms. The summed E-state index contributed by atoms with van der Waals surface area (Å²) >= 11 is 0. The van der Waals surface area contributed by atoms with E-state index < -0.39 is 6.10 Å². The van der Waals surface area contributed by atoms with E-state index >= 15 is 0 Å². The largest absolute Gasteiger partial charge is 0.448 e. The van der Waals surface area contributed by atoms with Gasteiger partial charge in [-0.1, -0.05) is 78.9 Å². The lowest BCUT2D eigenvalue weighted by atomic mass is 9.98. The molecule has 0 saturated carbocycles. The van der Waals surface area contributed by atoms with E-state index in [1.54, 1.807) is 4.90 Å². The number of β-amino-alcohol motifs (C(OH)–C–C–N with tert-alkyl or cyclic N) is 1. The Kier molecular flexibility index (Phi) is 6.16. The highest BCUT2D eigenvalue weighted by Crippen LogP contribution is 2.44. The van der Waals surface area contributed by atoms with Gasteiger partial charge in [-0.25, -0.2) is 4.79 Å². The molecule has 5 nitrogen and oxygen atoms in total. The predicted molar refractivity (Wildman–Crippen MR) is 129 cm³/mol. The van der Waals surface area contributed by atoms with Gasteiger partial charge in [-0.2, -0.15) is 0 Å². The Bertz CT molecular complexity index is 1070. The van der Waals surface area contributed by atoms with Gasteiger partial charge >= 0.3 is 6.09 Å². The van der Waals surface area contributed by atoms with Gasteiger partial charge < -0.3 is 14.7 Å². The first-order chi connectivity index (χ1) is 16.1. The summed E-state index contributed by atoms with van der Waals surface area (Å²) in [6, 6.07) is 26.6. The third-order valence-electron chi connectivity index (χ3n) is 6.95. The molecule has 5 heteroatoms. The molecule has 3 aromatic carbocycles. The van der Waals surface area contributed by atoms with E-state index in [1.807, 2.05) is 42.5 Å². The molecular weight excluding hydrogens is 412 g/mol. The lowest BCUT2D eigenvalue weighted by Gasteiger charge is -2.40. The summed E-state index contributed by atoms with van der Waals surface area (Å²) in [5.74, 6) is 0.0704. The molecule has 33 heavy (non-hydrogen) atoms. The molecule has 0 radical (unpaired) electrons. The number of amides is 1. The number of hydrogen-bond donors (Lipinski definition) is 1. The van der Waals surface area contributed by atoms with Crippen molar-refractivity contribution in [2.45, 2.75) is 25.0 Å². The van der Waals surface area contributed by atoms with Gasteiger partial charge in [-0.3, -0.25) is 4.90 Å². The van der Waals surface area contributed by atoms with Gasteiger partial charge in [-0.05, 0) is 34.7 Å². The quantitative estimate of drug-likeness (QED) is 0.624. The zero-order chi connectivity index (χ0) is 22.8. The molecule has 1 aliphatic heterocycles. The van der Waals surface area contributed by atoms with Crippen molar-refractivity contribution in [2.24, 2.45) is 0 Å². The highest BCUT2D eigenvalue weighted by molar-refractivity contribution is 5.79. The molecule has 3 aromatic rings. The molecule has 1 saturated heterocycles. The number of aliphatic hydroxyl groups is 1. The average molecular weight is 443 g/mol. The fraction of sp³-hybridized carbons (Fsp3) is 0.321. The van der Waals surface area contributed by atoms with Gasteiger partial charge in [0.1, 0.15) is 6.61 Å². The van der Waals surface area contributed by atoms with Crippen LogP contribution in [0.2, 0.25) is 0 Å². The van der Waals surface area contributed by atoms with E-state index in [4.69, 9.17) is 4.74 Å². The minimum absolute atomic E-state index is 0.0704. The van der Waals surface area contributed by atoms with Crippen LogP contribution in [0.25, 0.3) is 11.1 Å². The van der Waals surface area contributed by atoms with Crippen LogP contribution >= 0.6 is 0 Å². The molecule has 2 aliphatic rings. The second kappa shape index (κ2) is 9.38. The summed E-state index contributed by atoms with van der Waals surface area (Å²) < 4.78 is 5.83. The molecule has 170 valence electrons. The Morgan fingerprint density at radius 1 is 0.939 bits per heavy atom. The number of carbonyl (C=O) groups is 1. The van der Waals surface area contributed by atoms with E-state index in [0.717, 1.165) is 12.1 Å². The Morgan fingerprint density at radius 2 is 1.55 bits per heavy atom. The van der Waals surface area contributed by atoms with Gasteiger partial charge in [0, 0.05) is 38.1 Å². The number of benzene rings is 3. The molecular formula is C28H30N2O3. The van der Waals surface area contributed by atoms with Gasteiger partial charge in [-0.15, -0.1) is 0 Å². The van der Waals surface area contributed by atoms with E-state index in [-0.39, 0.29) is 18.1 Å². The van der Waals surface area contributed by atoms with Crippen molar-refractivity contribution >= 4 is 6.09 Å². The lowest BCUT2D eigenvalue weighted by Crippen LogP contribution is -2.54. The molecule has 2 unspecified atom stereocenters. The molecule has 1 N–H and O–H groups in total. The fourth-order valence-electron chi connectivity index (χ4n) is 5.12. The Labute approximate surface area is 195 Å². The maximum Gasteiger partial charge on any atom is 0.409 e. The van der Waals surface area contributed by atoms with Crippen molar-refractivity contribution in [3.8, 4) is 11.1 Å². The van der Waals surface area contributed by atoms with Crippen LogP contribution in [0, 0.1) is 0 Å². The van der Waals surface area contributed by atoms with Crippen molar-refractivity contribution in [2.75, 3.05) is 32.8 Å². The molecule has 1 amide bonds. The third kappa shape index (κ3) is 4.39. The molecule has 1 heterocycles. The number of nitrogens with zero attached hydrogens (tertiary/aromatic N) is 2. The van der Waals surface area contributed by atoms with Crippen LogP contribution in [0.15, 0.2) is 78.9 Å². The summed E-state index contributed by atoms with van der Waals surface area (Å²) in [5.41, 5.74) is 5.82. The van der Waals surface area contributed by atoms with Gasteiger partial charge in [0.05, 0.1) is 6.10 Å². The zero-order valence-corrected chi connectivity index (χ0v) is 18.9. The number of ether oxygens (including phenoxy) is 1. The van der Waals surface area contributed by atoms with E-state index in [0.29, 0.717) is 26.2 Å². The van der Waals surface area contributed by atoms with Crippen molar-refractivity contribution < 1.29 is 14.6 Å². The van der Waals surface area contributed by atoms with E-state index in [9.17, 15) is 9.90 Å². The number of aliphatic hydroxyl groups excluding tert-OH is 1. The number of carbonyl (C=O) groups excluding carboxylic acids is 1. The molecule has 2 atom stereocenters. The monoisotopic (exact) mass is 442 g/mol. The first kappa shape index (κ1) is 21.7. The summed E-state index contributed by atoms with van der Waals surface area (Å²) in [4.78, 5) is 16.9. The molecule has 1 aliphatic carbocycles. The van der Waals surface area contributed by atoms with Crippen LogP contribution in [0.4, 0.5) is 4.79 Å². The Hall–Kier alpha value is -3.15. The van der Waals surface area contributed by atoms with Crippen molar-refractivity contribution in [1.29, 1.82) is 0 Å². The summed E-state index contributed by atoms with van der Waals surface area (Å²) in [6.45, 7) is 4.91. The van der Waals surface area contributed by atoms with Crippen LogP contribution in [0.1, 0.15) is 35.6 Å². The van der Waals surface area contributed by atoms with Crippen molar-refractivity contribution in [3.05, 3.63) is 95.6 Å². The smallest absolute Gasteiger partial charge is 0.409 e. The second-order valence-corrected chi connectivity index (χ2v) is 9.02. The van der Waals surface area contributed by atoms with Gasteiger partial charge in [0.25, 0.3) is 0 Å². The van der Waals surface area contributed by atoms with Crippen molar-refractivity contribution in [3.63, 3.8) is 0 Å². The number of piperazine rings is 1. The Morgan fingerprint density at radius 3 is 2.18 bits per heavy atom. The molecule has 5 rings (SSSR count). The predicted octanol–water partition coefficient (Wildman–Crippen LogP) is 4.68. The second-order valence-electron chi connectivity index (χ2n) is 9.02. The first-order valence-corrected chi connectivity index (χ1v) is 11.7. The number of hydrogen-bond acceptors (Lipinski definition) is 4. The van der Waals surface area contributed by atoms with E-state index in [2.05, 4.69) is 48.2 Å². The minimum Gasteiger partial charge on any atom is -0.448 e. The summed E-state index contributed by atoms with van der Waals surface area (Å²) in [5, 5.41) is 10.6. The zero-order valence-electron chi connectivity index (χ0n) is 18.9. The normalized spacial score (nSPS) is 19.1. The van der Waals surface area contributed by atoms with Crippen LogP contribution in [0.3, 0.4) is 0 Å². The fourth-order valence-corrected chi connectivity index (χ4v) is 5.12. The third-order valence-corrected chi connectivity index (χ3v) is 6.95. The minimum atomic E-state index is -0.533. The highest BCUT2D eigenvalue weighted by Gasteiger charge is 2.32. The number of rotatable bonds is 5. The van der Waals surface area contributed by atoms with E-state index in [1.165, 1.54) is 22.3 Å². The standard InChI is InChI=1S/C28H30N2O3/c1-20-17-30(16-15-29(20)18-27(31)21-9-3-2-4-10-21)28(32)33-19-26-24-13-7-5-11-22(24)23-12-6-8-14-25(23)26/h2-14,20,26-27,31H,15-19H2,1H3. The number of fused-ring (bicyclic) bond motifs is 3. The van der Waals surface area contributed by atoms with Crippen LogP contribution in [-0.2, 0) is 4.74 Å². The van der Waals surface area contributed by atoms with Gasteiger partial charge in [0.2, 0.25) is 0 Å². The first-order valence-electron chi connectivity index (χ1n) is 11.7. The molecule has 0 spiro atoms.